The van der Waals surface area contributed by atoms with Crippen molar-refractivity contribution in [1.29, 1.82) is 0 Å². The number of rotatable bonds is 2. The first-order valence-corrected chi connectivity index (χ1v) is 4.84. The minimum atomic E-state index is -0.438. The van der Waals surface area contributed by atoms with E-state index in [1.807, 2.05) is 6.07 Å². The summed E-state index contributed by atoms with van der Waals surface area (Å²) in [6.07, 6.45) is 1.58. The van der Waals surface area contributed by atoms with Crippen LogP contribution in [0, 0.1) is 5.82 Å². The Balaban J connectivity index is 2.48. The van der Waals surface area contributed by atoms with Crippen LogP contribution in [0.2, 0.25) is 0 Å². The fourth-order valence-electron chi connectivity index (χ4n) is 1.49. The number of carbonyl (C=O) groups is 1. The molecule has 16 heavy (non-hydrogen) atoms. The third-order valence-corrected chi connectivity index (χ3v) is 2.24. The fourth-order valence-corrected chi connectivity index (χ4v) is 1.49. The number of halogens is 1. The number of nitrogens with zero attached hydrogens (tertiary/aromatic N) is 1. The highest BCUT2D eigenvalue weighted by molar-refractivity contribution is 5.81. The predicted molar refractivity (Wildman–Crippen MR) is 57.2 cm³/mol. The summed E-state index contributed by atoms with van der Waals surface area (Å²) in [6, 6.07) is 6.60. The van der Waals surface area contributed by atoms with E-state index < -0.39 is 11.8 Å². The van der Waals surface area contributed by atoms with Gasteiger partial charge in [0.15, 0.2) is 0 Å². The Morgan fingerprint density at radius 2 is 2.25 bits per heavy atom. The van der Waals surface area contributed by atoms with Gasteiger partial charge < -0.3 is 4.74 Å². The van der Waals surface area contributed by atoms with E-state index in [9.17, 15) is 9.18 Å². The van der Waals surface area contributed by atoms with Crippen LogP contribution in [0.15, 0.2) is 30.5 Å². The van der Waals surface area contributed by atoms with Crippen molar-refractivity contribution < 1.29 is 13.9 Å². The molecular formula is C12H10FNO2. The first-order valence-electron chi connectivity index (χ1n) is 4.84. The van der Waals surface area contributed by atoms with Crippen molar-refractivity contribution in [3.05, 3.63) is 41.8 Å². The predicted octanol–water partition coefficient (Wildman–Crippen LogP) is 2.44. The Morgan fingerprint density at radius 1 is 1.44 bits per heavy atom. The molecule has 1 aromatic carbocycles. The molecule has 0 aliphatic rings. The van der Waals surface area contributed by atoms with Crippen LogP contribution in [0.4, 0.5) is 4.39 Å². The molecule has 0 fully saturated rings. The SMILES string of the molecule is CC(=O)OCc1c(F)ccc2cccnc12. The lowest BCUT2D eigenvalue weighted by Crippen LogP contribution is -2.02. The van der Waals surface area contributed by atoms with Gasteiger partial charge in [0.2, 0.25) is 0 Å². The molecule has 0 radical (unpaired) electrons. The number of pyridine rings is 1. The molecule has 0 spiro atoms. The number of aromatic nitrogens is 1. The van der Waals surface area contributed by atoms with Crippen LogP contribution in [-0.2, 0) is 16.1 Å². The summed E-state index contributed by atoms with van der Waals surface area (Å²) in [5.41, 5.74) is 0.844. The van der Waals surface area contributed by atoms with E-state index in [4.69, 9.17) is 4.74 Å². The molecule has 0 aliphatic carbocycles. The van der Waals surface area contributed by atoms with Crippen molar-refractivity contribution in [3.8, 4) is 0 Å². The van der Waals surface area contributed by atoms with Crippen molar-refractivity contribution in [1.82, 2.24) is 4.98 Å². The molecule has 0 aliphatic heterocycles. The van der Waals surface area contributed by atoms with Gasteiger partial charge in [0.05, 0.1) is 11.1 Å². The molecule has 1 aromatic heterocycles. The number of fused-ring (bicyclic) bond motifs is 1. The normalized spacial score (nSPS) is 10.4. The smallest absolute Gasteiger partial charge is 0.302 e. The molecule has 3 nitrogen and oxygen atoms in total. The van der Waals surface area contributed by atoms with Gasteiger partial charge in [-0.15, -0.1) is 0 Å². The highest BCUT2D eigenvalue weighted by atomic mass is 19.1. The molecule has 2 aromatic rings. The summed E-state index contributed by atoms with van der Waals surface area (Å²) in [7, 11) is 0. The lowest BCUT2D eigenvalue weighted by molar-refractivity contribution is -0.142. The molecule has 0 bridgehead atoms. The Morgan fingerprint density at radius 3 is 3.00 bits per heavy atom. The van der Waals surface area contributed by atoms with Crippen molar-refractivity contribution in [2.75, 3.05) is 0 Å². The van der Waals surface area contributed by atoms with Gasteiger partial charge in [-0.25, -0.2) is 4.39 Å². The van der Waals surface area contributed by atoms with Crippen LogP contribution in [0.3, 0.4) is 0 Å². The molecule has 82 valence electrons. The topological polar surface area (TPSA) is 39.2 Å². The van der Waals surface area contributed by atoms with Crippen molar-refractivity contribution in [3.63, 3.8) is 0 Å². The van der Waals surface area contributed by atoms with E-state index in [1.165, 1.54) is 13.0 Å². The average Bonchev–Trinajstić information content (AvgIpc) is 2.27. The van der Waals surface area contributed by atoms with Gasteiger partial charge in [0.25, 0.3) is 0 Å². The van der Waals surface area contributed by atoms with Gasteiger partial charge in [0, 0.05) is 18.5 Å². The van der Waals surface area contributed by atoms with Gasteiger partial charge in [-0.05, 0) is 18.2 Å². The Bertz CT molecular complexity index is 540. The summed E-state index contributed by atoms with van der Waals surface area (Å²) in [5, 5.41) is 0.825. The first kappa shape index (κ1) is 10.5. The lowest BCUT2D eigenvalue weighted by Gasteiger charge is -2.06. The van der Waals surface area contributed by atoms with E-state index in [0.717, 1.165) is 5.39 Å². The highest BCUT2D eigenvalue weighted by Crippen LogP contribution is 2.20. The van der Waals surface area contributed by atoms with Crippen molar-refractivity contribution in [2.45, 2.75) is 13.5 Å². The zero-order chi connectivity index (χ0) is 11.5. The van der Waals surface area contributed by atoms with Crippen molar-refractivity contribution >= 4 is 16.9 Å². The Hall–Kier alpha value is -1.97. The zero-order valence-corrected chi connectivity index (χ0v) is 8.74. The number of ether oxygens (including phenoxy) is 1. The molecule has 1 heterocycles. The second kappa shape index (κ2) is 4.26. The molecule has 0 saturated carbocycles. The third kappa shape index (κ3) is 2.00. The van der Waals surface area contributed by atoms with Crippen LogP contribution in [0.1, 0.15) is 12.5 Å². The van der Waals surface area contributed by atoms with Crippen LogP contribution in [0.5, 0.6) is 0 Å². The monoisotopic (exact) mass is 219 g/mol. The summed E-state index contributed by atoms with van der Waals surface area (Å²) in [4.78, 5) is 14.8. The van der Waals surface area contributed by atoms with Crippen LogP contribution < -0.4 is 0 Å². The molecule has 0 unspecified atom stereocenters. The van der Waals surface area contributed by atoms with E-state index >= 15 is 0 Å². The quantitative estimate of drug-likeness (QED) is 0.728. The number of hydrogen-bond acceptors (Lipinski definition) is 3. The summed E-state index contributed by atoms with van der Waals surface area (Å²) in [6.45, 7) is 1.20. The van der Waals surface area contributed by atoms with Crippen molar-refractivity contribution in [2.24, 2.45) is 0 Å². The molecule has 0 atom stereocenters. The summed E-state index contributed by atoms with van der Waals surface area (Å²) >= 11 is 0. The van der Waals surface area contributed by atoms with E-state index in [1.54, 1.807) is 18.3 Å². The molecule has 4 heteroatoms. The van der Waals surface area contributed by atoms with E-state index in [0.29, 0.717) is 11.1 Å². The average molecular weight is 219 g/mol. The highest BCUT2D eigenvalue weighted by Gasteiger charge is 2.09. The number of hydrogen-bond donors (Lipinski definition) is 0. The summed E-state index contributed by atoms with van der Waals surface area (Å²) in [5.74, 6) is -0.847. The van der Waals surface area contributed by atoms with Gasteiger partial charge >= 0.3 is 5.97 Å². The van der Waals surface area contributed by atoms with E-state index in [2.05, 4.69) is 4.98 Å². The Labute approximate surface area is 91.9 Å². The number of benzene rings is 1. The Kier molecular flexibility index (Phi) is 2.81. The lowest BCUT2D eigenvalue weighted by atomic mass is 10.1. The number of esters is 1. The molecule has 0 amide bonds. The fraction of sp³-hybridized carbons (Fsp3) is 0.167. The molecular weight excluding hydrogens is 209 g/mol. The largest absolute Gasteiger partial charge is 0.461 e. The van der Waals surface area contributed by atoms with Crippen LogP contribution >= 0.6 is 0 Å². The van der Waals surface area contributed by atoms with Gasteiger partial charge in [-0.2, -0.15) is 0 Å². The van der Waals surface area contributed by atoms with Gasteiger partial charge in [-0.3, -0.25) is 9.78 Å². The second-order valence-electron chi connectivity index (χ2n) is 3.38. The minimum absolute atomic E-state index is 0.0878. The number of carbonyl (C=O) groups excluding carboxylic acids is 1. The van der Waals surface area contributed by atoms with Crippen LogP contribution in [0.25, 0.3) is 10.9 Å². The third-order valence-electron chi connectivity index (χ3n) is 2.24. The zero-order valence-electron chi connectivity index (χ0n) is 8.74. The molecule has 0 N–H and O–H groups in total. The standard InChI is InChI=1S/C12H10FNO2/c1-8(15)16-7-10-11(13)5-4-9-3-2-6-14-12(9)10/h2-6H,7H2,1H3. The van der Waals surface area contributed by atoms with Crippen LogP contribution in [-0.4, -0.2) is 11.0 Å². The maximum Gasteiger partial charge on any atom is 0.302 e. The second-order valence-corrected chi connectivity index (χ2v) is 3.38. The van der Waals surface area contributed by atoms with E-state index in [-0.39, 0.29) is 6.61 Å². The maximum absolute atomic E-state index is 13.5. The minimum Gasteiger partial charge on any atom is -0.461 e. The van der Waals surface area contributed by atoms with Gasteiger partial charge in [0.1, 0.15) is 12.4 Å². The molecule has 0 saturated heterocycles. The molecule has 2 rings (SSSR count). The first-order chi connectivity index (χ1) is 7.68. The maximum atomic E-state index is 13.5. The summed E-state index contributed by atoms with van der Waals surface area (Å²) < 4.78 is 18.3. The van der Waals surface area contributed by atoms with Gasteiger partial charge in [-0.1, -0.05) is 6.07 Å².